The molecule has 0 unspecified atom stereocenters. The number of carbonyl (C=O) groups is 2. The maximum Gasteiger partial charge on any atom is 0.311 e. The Hall–Kier alpha value is -3.38. The molecule has 1 aliphatic rings. The molecule has 3 aromatic rings. The van der Waals surface area contributed by atoms with Gasteiger partial charge in [0.25, 0.3) is 5.91 Å². The van der Waals surface area contributed by atoms with Crippen molar-refractivity contribution in [2.75, 3.05) is 46.1 Å². The highest BCUT2D eigenvalue weighted by atomic mass is 35.5. The van der Waals surface area contributed by atoms with E-state index < -0.39 is 30.4 Å². The fraction of sp³-hybridized carbons (Fsp3) is 0.407. The van der Waals surface area contributed by atoms with Gasteiger partial charge in [-0.2, -0.15) is 4.98 Å². The number of aliphatic hydroxyl groups is 1. The summed E-state index contributed by atoms with van der Waals surface area (Å²) < 4.78 is 24.4. The summed E-state index contributed by atoms with van der Waals surface area (Å²) in [5, 5.41) is 18.9. The van der Waals surface area contributed by atoms with Crippen molar-refractivity contribution in [2.45, 2.75) is 18.9 Å². The van der Waals surface area contributed by atoms with Gasteiger partial charge in [-0.25, -0.2) is 4.39 Å². The number of aliphatic hydroxyl groups excluding tert-OH is 1. The first-order valence-corrected chi connectivity index (χ1v) is 13.1. The SMILES string of the molecule is O=C(N[C@H](Cc1ccc(-c2cccc(F)c2)cc1)C[C@@H](CO)C(=O)OCCN1CCOCC1)c1nc(Cl)n[nH]1. The number of rotatable bonds is 12. The molecule has 208 valence electrons. The summed E-state index contributed by atoms with van der Waals surface area (Å²) in [4.78, 5) is 31.5. The van der Waals surface area contributed by atoms with Crippen molar-refractivity contribution >= 4 is 23.5 Å². The number of ether oxygens (including phenoxy) is 2. The zero-order chi connectivity index (χ0) is 27.6. The van der Waals surface area contributed by atoms with Gasteiger partial charge in [-0.15, -0.1) is 5.10 Å². The second kappa shape index (κ2) is 14.1. The van der Waals surface area contributed by atoms with Gasteiger partial charge in [0.05, 0.1) is 25.7 Å². The fourth-order valence-electron chi connectivity index (χ4n) is 4.38. The zero-order valence-electron chi connectivity index (χ0n) is 21.3. The summed E-state index contributed by atoms with van der Waals surface area (Å²) in [6.45, 7) is 3.19. The molecular weight excluding hydrogens is 529 g/mol. The summed E-state index contributed by atoms with van der Waals surface area (Å²) in [6.07, 6.45) is 0.487. The number of H-pyrrole nitrogens is 1. The minimum absolute atomic E-state index is 0.0694. The number of aromatic amines is 1. The Morgan fingerprint density at radius 3 is 2.62 bits per heavy atom. The monoisotopic (exact) mass is 559 g/mol. The summed E-state index contributed by atoms with van der Waals surface area (Å²) in [5.74, 6) is -2.31. The molecule has 1 fully saturated rings. The average Bonchev–Trinajstić information content (AvgIpc) is 3.39. The molecule has 0 radical (unpaired) electrons. The lowest BCUT2D eigenvalue weighted by molar-refractivity contribution is -0.151. The Kier molecular flexibility index (Phi) is 10.4. The number of aromatic nitrogens is 3. The average molecular weight is 560 g/mol. The topological polar surface area (TPSA) is 130 Å². The van der Waals surface area contributed by atoms with Gasteiger partial charge in [0.15, 0.2) is 0 Å². The molecule has 2 atom stereocenters. The predicted molar refractivity (Wildman–Crippen MR) is 142 cm³/mol. The lowest BCUT2D eigenvalue weighted by Gasteiger charge is -2.27. The lowest BCUT2D eigenvalue weighted by atomic mass is 9.94. The molecule has 0 bridgehead atoms. The highest BCUT2D eigenvalue weighted by molar-refractivity contribution is 6.28. The fourth-order valence-corrected chi connectivity index (χ4v) is 4.51. The Balaban J connectivity index is 1.42. The van der Waals surface area contributed by atoms with Crippen LogP contribution in [0.25, 0.3) is 11.1 Å². The summed E-state index contributed by atoms with van der Waals surface area (Å²) in [6, 6.07) is 13.2. The summed E-state index contributed by atoms with van der Waals surface area (Å²) >= 11 is 5.74. The molecule has 0 spiro atoms. The molecule has 0 aliphatic carbocycles. The number of morpholine rings is 1. The van der Waals surface area contributed by atoms with Crippen LogP contribution < -0.4 is 5.32 Å². The normalized spacial score (nSPS) is 15.5. The maximum atomic E-state index is 13.6. The Morgan fingerprint density at radius 1 is 1.18 bits per heavy atom. The molecule has 39 heavy (non-hydrogen) atoms. The van der Waals surface area contributed by atoms with Gasteiger partial charge >= 0.3 is 5.97 Å². The van der Waals surface area contributed by atoms with Crippen molar-refractivity contribution in [1.82, 2.24) is 25.4 Å². The number of nitrogens with zero attached hydrogens (tertiary/aromatic N) is 3. The molecule has 1 aliphatic heterocycles. The Morgan fingerprint density at radius 2 is 1.95 bits per heavy atom. The first-order valence-electron chi connectivity index (χ1n) is 12.7. The van der Waals surface area contributed by atoms with Gasteiger partial charge in [-0.1, -0.05) is 36.4 Å². The van der Waals surface area contributed by atoms with E-state index in [1.54, 1.807) is 6.07 Å². The van der Waals surface area contributed by atoms with Gasteiger partial charge in [-0.3, -0.25) is 19.6 Å². The summed E-state index contributed by atoms with van der Waals surface area (Å²) in [5.41, 5.74) is 2.45. The molecule has 2 aromatic carbocycles. The van der Waals surface area contributed by atoms with Crippen molar-refractivity contribution in [2.24, 2.45) is 5.92 Å². The standard InChI is InChI=1S/C27H31ClFN5O5/c28-27-31-24(32-33-27)25(36)30-23(14-18-4-6-19(7-5-18)20-2-1-3-22(29)15-20)16-21(17-35)26(37)39-13-10-34-8-11-38-12-9-34/h1-7,15,21,23,35H,8-14,16-17H2,(H,30,36)(H,31,32,33)/t21-,23+/m0/s1. The third kappa shape index (κ3) is 8.56. The molecular formula is C27H31ClFN5O5. The van der Waals surface area contributed by atoms with E-state index in [2.05, 4.69) is 25.4 Å². The van der Waals surface area contributed by atoms with Crippen LogP contribution in [0.3, 0.4) is 0 Å². The van der Waals surface area contributed by atoms with Gasteiger partial charge in [-0.05, 0) is 53.3 Å². The zero-order valence-corrected chi connectivity index (χ0v) is 22.1. The molecule has 4 rings (SSSR count). The minimum Gasteiger partial charge on any atom is -0.464 e. The number of hydrogen-bond acceptors (Lipinski definition) is 8. The van der Waals surface area contributed by atoms with Crippen LogP contribution in [0.4, 0.5) is 4.39 Å². The van der Waals surface area contributed by atoms with Crippen LogP contribution >= 0.6 is 11.6 Å². The van der Waals surface area contributed by atoms with E-state index in [1.807, 2.05) is 30.3 Å². The number of amides is 1. The highest BCUT2D eigenvalue weighted by Crippen LogP contribution is 2.22. The van der Waals surface area contributed by atoms with Crippen LogP contribution in [-0.4, -0.2) is 89.2 Å². The van der Waals surface area contributed by atoms with Crippen molar-refractivity contribution in [3.8, 4) is 11.1 Å². The number of hydrogen-bond donors (Lipinski definition) is 3. The summed E-state index contributed by atoms with van der Waals surface area (Å²) in [7, 11) is 0. The van der Waals surface area contributed by atoms with E-state index >= 15 is 0 Å². The third-order valence-electron chi connectivity index (χ3n) is 6.48. The van der Waals surface area contributed by atoms with Crippen LogP contribution in [0.2, 0.25) is 5.28 Å². The maximum absolute atomic E-state index is 13.6. The van der Waals surface area contributed by atoms with Crippen LogP contribution in [0.15, 0.2) is 48.5 Å². The lowest BCUT2D eigenvalue weighted by Crippen LogP contribution is -2.41. The van der Waals surface area contributed by atoms with Crippen LogP contribution in [-0.2, 0) is 20.7 Å². The third-order valence-corrected chi connectivity index (χ3v) is 6.65. The number of esters is 1. The molecule has 2 heterocycles. The van der Waals surface area contributed by atoms with Gasteiger partial charge < -0.3 is 19.9 Å². The van der Waals surface area contributed by atoms with E-state index in [1.165, 1.54) is 12.1 Å². The van der Waals surface area contributed by atoms with E-state index in [0.717, 1.165) is 29.8 Å². The van der Waals surface area contributed by atoms with Crippen LogP contribution in [0.5, 0.6) is 0 Å². The second-order valence-electron chi connectivity index (χ2n) is 9.27. The van der Waals surface area contributed by atoms with Gasteiger partial charge in [0, 0.05) is 25.7 Å². The predicted octanol–water partition coefficient (Wildman–Crippen LogP) is 2.48. The molecule has 10 nitrogen and oxygen atoms in total. The van der Waals surface area contributed by atoms with Crippen LogP contribution in [0, 0.1) is 11.7 Å². The molecule has 1 saturated heterocycles. The second-order valence-corrected chi connectivity index (χ2v) is 9.61. The molecule has 12 heteroatoms. The minimum atomic E-state index is -0.843. The van der Waals surface area contributed by atoms with Gasteiger partial charge in [0.1, 0.15) is 12.4 Å². The van der Waals surface area contributed by atoms with Gasteiger partial charge in [0.2, 0.25) is 11.1 Å². The van der Waals surface area contributed by atoms with Crippen molar-refractivity contribution < 1.29 is 28.6 Å². The van der Waals surface area contributed by atoms with E-state index in [0.29, 0.717) is 26.2 Å². The van der Waals surface area contributed by atoms with E-state index in [-0.39, 0.29) is 30.0 Å². The Labute approximate surface area is 230 Å². The largest absolute Gasteiger partial charge is 0.464 e. The van der Waals surface area contributed by atoms with Crippen molar-refractivity contribution in [3.63, 3.8) is 0 Å². The first-order chi connectivity index (χ1) is 18.9. The first kappa shape index (κ1) is 28.6. The molecule has 3 N–H and O–H groups in total. The quantitative estimate of drug-likeness (QED) is 0.289. The number of benzene rings is 2. The number of nitrogens with one attached hydrogen (secondary N) is 2. The van der Waals surface area contributed by atoms with E-state index in [4.69, 9.17) is 21.1 Å². The highest BCUT2D eigenvalue weighted by Gasteiger charge is 2.27. The van der Waals surface area contributed by atoms with Crippen molar-refractivity contribution in [3.05, 3.63) is 71.0 Å². The van der Waals surface area contributed by atoms with Crippen LogP contribution in [0.1, 0.15) is 22.6 Å². The molecule has 1 amide bonds. The molecule has 1 aromatic heterocycles. The van der Waals surface area contributed by atoms with E-state index in [9.17, 15) is 19.1 Å². The molecule has 0 saturated carbocycles. The smallest absolute Gasteiger partial charge is 0.311 e. The van der Waals surface area contributed by atoms with Crippen molar-refractivity contribution in [1.29, 1.82) is 0 Å². The Bertz CT molecular complexity index is 1240. The number of carbonyl (C=O) groups excluding carboxylic acids is 2. The number of halogens is 2.